The van der Waals surface area contributed by atoms with Gasteiger partial charge in [-0.3, -0.25) is 9.59 Å². The van der Waals surface area contributed by atoms with Crippen molar-refractivity contribution in [2.75, 3.05) is 5.32 Å². The van der Waals surface area contributed by atoms with E-state index in [-0.39, 0.29) is 34.1 Å². The van der Waals surface area contributed by atoms with Gasteiger partial charge in [0.15, 0.2) is 0 Å². The van der Waals surface area contributed by atoms with Crippen LogP contribution in [0.25, 0.3) is 0 Å². The van der Waals surface area contributed by atoms with Gasteiger partial charge in [0.05, 0.1) is 10.6 Å². The summed E-state index contributed by atoms with van der Waals surface area (Å²) in [6.07, 6.45) is -0.0206. The average Bonchev–Trinajstić information content (AvgIpc) is 2.74. The third-order valence-corrected chi connectivity index (χ3v) is 5.27. The smallest absolute Gasteiger partial charge is 0.326 e. The van der Waals surface area contributed by atoms with E-state index in [0.717, 1.165) is 0 Å². The lowest BCUT2D eigenvalue weighted by molar-refractivity contribution is -0.139. The number of aryl methyl sites for hydroxylation is 1. The Labute approximate surface area is 194 Å². The molecule has 0 aliphatic rings. The van der Waals surface area contributed by atoms with Crippen molar-refractivity contribution in [2.45, 2.75) is 19.4 Å². The van der Waals surface area contributed by atoms with Crippen molar-refractivity contribution in [1.82, 2.24) is 5.32 Å². The number of nitrogens with one attached hydrogen (secondary N) is 2. The maximum atomic E-state index is 12.5. The Bertz CT molecular complexity index is 1170. The summed E-state index contributed by atoms with van der Waals surface area (Å²) >= 11 is 5.98. The number of benzene rings is 3. The van der Waals surface area contributed by atoms with Gasteiger partial charge in [0.25, 0.3) is 11.8 Å². The molecule has 33 heavy (non-hydrogen) atoms. The number of anilines is 1. The summed E-state index contributed by atoms with van der Waals surface area (Å²) in [5.41, 5.74) is 1.47. The molecule has 0 aliphatic heterocycles. The zero-order valence-electron chi connectivity index (χ0n) is 17.5. The molecule has 0 bridgehead atoms. The number of carboxylic acid groups (broad SMARTS) is 1. The number of hydrogen-bond donors (Lipinski definition) is 5. The molecule has 9 heteroatoms. The van der Waals surface area contributed by atoms with E-state index in [1.807, 2.05) is 0 Å². The number of phenolic OH excluding ortho intramolecular Hbond substituents is 2. The number of carboxylic acids is 1. The van der Waals surface area contributed by atoms with Gasteiger partial charge in [-0.25, -0.2) is 4.79 Å². The predicted molar refractivity (Wildman–Crippen MR) is 123 cm³/mol. The van der Waals surface area contributed by atoms with E-state index >= 15 is 0 Å². The summed E-state index contributed by atoms with van der Waals surface area (Å²) in [5.74, 6) is -3.01. The summed E-state index contributed by atoms with van der Waals surface area (Å²) in [7, 11) is 0. The Morgan fingerprint density at radius 1 is 0.879 bits per heavy atom. The van der Waals surface area contributed by atoms with Crippen molar-refractivity contribution < 1.29 is 29.7 Å². The summed E-state index contributed by atoms with van der Waals surface area (Å²) in [6, 6.07) is 14.0. The summed E-state index contributed by atoms with van der Waals surface area (Å²) in [5, 5.41) is 34.5. The van der Waals surface area contributed by atoms with Gasteiger partial charge in [0.1, 0.15) is 23.1 Å². The maximum absolute atomic E-state index is 12.5. The van der Waals surface area contributed by atoms with Crippen molar-refractivity contribution in [3.63, 3.8) is 0 Å². The molecule has 1 atom stereocenters. The number of aromatic hydroxyl groups is 2. The van der Waals surface area contributed by atoms with Crippen LogP contribution in [0.15, 0.2) is 60.7 Å². The van der Waals surface area contributed by atoms with Gasteiger partial charge in [-0.05, 0) is 48.4 Å². The zero-order valence-corrected chi connectivity index (χ0v) is 18.3. The monoisotopic (exact) mass is 468 g/mol. The molecule has 0 radical (unpaired) electrons. The van der Waals surface area contributed by atoms with Crippen LogP contribution in [0.3, 0.4) is 0 Å². The summed E-state index contributed by atoms with van der Waals surface area (Å²) in [4.78, 5) is 36.7. The van der Waals surface area contributed by atoms with Crippen LogP contribution in [0, 0.1) is 6.92 Å². The van der Waals surface area contributed by atoms with Crippen molar-refractivity contribution in [3.05, 3.63) is 87.9 Å². The van der Waals surface area contributed by atoms with Crippen LogP contribution in [-0.4, -0.2) is 39.1 Å². The Morgan fingerprint density at radius 2 is 1.48 bits per heavy atom. The Hall–Kier alpha value is -4.04. The minimum absolute atomic E-state index is 0.0182. The summed E-state index contributed by atoms with van der Waals surface area (Å²) in [6.45, 7) is 1.64. The van der Waals surface area contributed by atoms with E-state index in [1.165, 1.54) is 24.3 Å². The van der Waals surface area contributed by atoms with Gasteiger partial charge in [0, 0.05) is 12.1 Å². The third-order valence-electron chi connectivity index (χ3n) is 4.95. The lowest BCUT2D eigenvalue weighted by atomic mass is 10.0. The second kappa shape index (κ2) is 10.1. The fraction of sp³-hybridized carbons (Fsp3) is 0.125. The molecule has 3 aromatic carbocycles. The fourth-order valence-electron chi connectivity index (χ4n) is 3.27. The standard InChI is InChI=1S/C24H21ClN2O6/c1-13-4-2-6-18(28)20(13)22(30)27-17(24(32)33)12-14-8-10-15(11-9-14)26-23(31)21-16(25)5-3-7-19(21)29/h2-11,17,28-29H,12H2,1H3,(H,26,31)(H,27,30)(H,32,33). The number of carbonyl (C=O) groups is 3. The molecule has 0 aliphatic carbocycles. The van der Waals surface area contributed by atoms with Gasteiger partial charge < -0.3 is 26.0 Å². The molecule has 0 saturated carbocycles. The fourth-order valence-corrected chi connectivity index (χ4v) is 3.52. The largest absolute Gasteiger partial charge is 0.507 e. The Balaban J connectivity index is 1.70. The van der Waals surface area contributed by atoms with Gasteiger partial charge in [-0.15, -0.1) is 0 Å². The van der Waals surface area contributed by atoms with Crippen molar-refractivity contribution in [2.24, 2.45) is 0 Å². The van der Waals surface area contributed by atoms with Crippen molar-refractivity contribution >= 4 is 35.1 Å². The van der Waals surface area contributed by atoms with Crippen LogP contribution in [0.2, 0.25) is 5.02 Å². The molecule has 0 saturated heterocycles. The average molecular weight is 469 g/mol. The highest BCUT2D eigenvalue weighted by Crippen LogP contribution is 2.26. The van der Waals surface area contributed by atoms with Crippen LogP contribution in [0.1, 0.15) is 31.8 Å². The second-order valence-corrected chi connectivity index (χ2v) is 7.73. The molecule has 5 N–H and O–H groups in total. The zero-order chi connectivity index (χ0) is 24.1. The van der Waals surface area contributed by atoms with Gasteiger partial charge in [-0.1, -0.05) is 41.9 Å². The van der Waals surface area contributed by atoms with Crippen LogP contribution in [0.5, 0.6) is 11.5 Å². The van der Waals surface area contributed by atoms with E-state index in [1.54, 1.807) is 43.3 Å². The molecule has 0 heterocycles. The molecule has 2 amide bonds. The molecule has 0 aromatic heterocycles. The third kappa shape index (κ3) is 5.61. The quantitative estimate of drug-likeness (QED) is 0.358. The van der Waals surface area contributed by atoms with E-state index < -0.39 is 23.8 Å². The van der Waals surface area contributed by atoms with E-state index in [9.17, 15) is 29.7 Å². The number of rotatable bonds is 7. The first-order chi connectivity index (χ1) is 15.7. The number of hydrogen-bond acceptors (Lipinski definition) is 5. The molecule has 170 valence electrons. The molecule has 3 aromatic rings. The van der Waals surface area contributed by atoms with Gasteiger partial charge in [0.2, 0.25) is 0 Å². The van der Waals surface area contributed by atoms with E-state index in [0.29, 0.717) is 16.8 Å². The SMILES string of the molecule is Cc1cccc(O)c1C(=O)NC(Cc1ccc(NC(=O)c2c(O)cccc2Cl)cc1)C(=O)O. The molecular weight excluding hydrogens is 448 g/mol. The molecule has 3 rings (SSSR count). The Morgan fingerprint density at radius 3 is 2.06 bits per heavy atom. The molecular formula is C24H21ClN2O6. The molecule has 0 spiro atoms. The minimum Gasteiger partial charge on any atom is -0.507 e. The van der Waals surface area contributed by atoms with Gasteiger partial charge in [-0.2, -0.15) is 0 Å². The lowest BCUT2D eigenvalue weighted by Crippen LogP contribution is -2.42. The number of aliphatic carboxylic acids is 1. The van der Waals surface area contributed by atoms with Crippen LogP contribution >= 0.6 is 11.6 Å². The van der Waals surface area contributed by atoms with E-state index in [2.05, 4.69) is 10.6 Å². The number of halogens is 1. The van der Waals surface area contributed by atoms with E-state index in [4.69, 9.17) is 11.6 Å². The number of carbonyl (C=O) groups excluding carboxylic acids is 2. The highest BCUT2D eigenvalue weighted by atomic mass is 35.5. The Kier molecular flexibility index (Phi) is 7.20. The van der Waals surface area contributed by atoms with Crippen molar-refractivity contribution in [3.8, 4) is 11.5 Å². The lowest BCUT2D eigenvalue weighted by Gasteiger charge is -2.16. The normalized spacial score (nSPS) is 11.5. The first-order valence-corrected chi connectivity index (χ1v) is 10.2. The first kappa shape index (κ1) is 23.6. The van der Waals surface area contributed by atoms with Crippen LogP contribution in [0.4, 0.5) is 5.69 Å². The topological polar surface area (TPSA) is 136 Å². The molecule has 0 fully saturated rings. The highest BCUT2D eigenvalue weighted by Gasteiger charge is 2.23. The number of phenols is 2. The second-order valence-electron chi connectivity index (χ2n) is 7.32. The molecule has 1 unspecified atom stereocenters. The van der Waals surface area contributed by atoms with Crippen LogP contribution < -0.4 is 10.6 Å². The van der Waals surface area contributed by atoms with Crippen molar-refractivity contribution in [1.29, 1.82) is 0 Å². The maximum Gasteiger partial charge on any atom is 0.326 e. The summed E-state index contributed by atoms with van der Waals surface area (Å²) < 4.78 is 0. The number of amides is 2. The minimum atomic E-state index is -1.24. The highest BCUT2D eigenvalue weighted by molar-refractivity contribution is 6.34. The van der Waals surface area contributed by atoms with Crippen LogP contribution in [-0.2, 0) is 11.2 Å². The molecule has 8 nitrogen and oxygen atoms in total. The van der Waals surface area contributed by atoms with Gasteiger partial charge >= 0.3 is 5.97 Å². The first-order valence-electron chi connectivity index (χ1n) is 9.87. The predicted octanol–water partition coefficient (Wildman–Crippen LogP) is 3.74.